The minimum Gasteiger partial charge on any atom is -0.467 e. The van der Waals surface area contributed by atoms with Gasteiger partial charge in [0.05, 0.1) is 20.0 Å². The van der Waals surface area contributed by atoms with E-state index < -0.39 is 55.0 Å². The van der Waals surface area contributed by atoms with Gasteiger partial charge in [-0.1, -0.05) is 60.7 Å². The summed E-state index contributed by atoms with van der Waals surface area (Å²) in [5.41, 5.74) is 1.67. The van der Waals surface area contributed by atoms with Gasteiger partial charge in [0.25, 0.3) is 0 Å². The third-order valence-corrected chi connectivity index (χ3v) is 6.54. The Kier molecular flexibility index (Phi) is 19.0. The van der Waals surface area contributed by atoms with Crippen LogP contribution in [0.5, 0.6) is 0 Å². The number of methoxy groups -OCH3 is 3. The van der Waals surface area contributed by atoms with Crippen LogP contribution in [0.4, 0.5) is 0 Å². The molecule has 2 amide bonds. The molecule has 0 fully saturated rings. The van der Waals surface area contributed by atoms with Crippen molar-refractivity contribution in [1.29, 1.82) is 0 Å². The van der Waals surface area contributed by atoms with Crippen molar-refractivity contribution in [2.24, 2.45) is 0 Å². The Balaban J connectivity index is 1.63. The van der Waals surface area contributed by atoms with Gasteiger partial charge in [-0.3, -0.25) is 19.2 Å². The van der Waals surface area contributed by atoms with Crippen molar-refractivity contribution in [3.8, 4) is 0 Å². The lowest BCUT2D eigenvalue weighted by molar-refractivity contribution is -0.169. The molecule has 2 N–H and O–H groups in total. The van der Waals surface area contributed by atoms with Crippen LogP contribution < -0.4 is 10.6 Å². The molecule has 0 aliphatic rings. The van der Waals surface area contributed by atoms with Gasteiger partial charge < -0.3 is 43.8 Å². The summed E-state index contributed by atoms with van der Waals surface area (Å²) < 4.78 is 36.2. The van der Waals surface area contributed by atoms with Gasteiger partial charge in [0.2, 0.25) is 11.8 Å². The number of hydrogen-bond donors (Lipinski definition) is 2. The van der Waals surface area contributed by atoms with Crippen molar-refractivity contribution in [2.45, 2.75) is 63.9 Å². The Bertz CT molecular complexity index is 1230. The minimum atomic E-state index is -1.03. The highest BCUT2D eigenvalue weighted by molar-refractivity contribution is 5.85. The van der Waals surface area contributed by atoms with Crippen LogP contribution in [-0.4, -0.2) is 89.4 Å². The van der Waals surface area contributed by atoms with E-state index in [1.165, 1.54) is 21.3 Å². The third kappa shape index (κ3) is 17.2. The summed E-state index contributed by atoms with van der Waals surface area (Å²) in [5.74, 6) is -2.77. The molecule has 2 rings (SSSR count). The van der Waals surface area contributed by atoms with E-state index in [1.54, 1.807) is 0 Å². The number of amides is 2. The summed E-state index contributed by atoms with van der Waals surface area (Å²) in [6.07, 6.45) is -1.21. The molecule has 47 heavy (non-hydrogen) atoms. The van der Waals surface area contributed by atoms with Crippen molar-refractivity contribution in [2.75, 3.05) is 41.1 Å². The van der Waals surface area contributed by atoms with Gasteiger partial charge >= 0.3 is 17.9 Å². The smallest absolute Gasteiger partial charge is 0.328 e. The first-order valence-corrected chi connectivity index (χ1v) is 15.1. The molecule has 0 aliphatic heterocycles. The van der Waals surface area contributed by atoms with Crippen LogP contribution in [-0.2, 0) is 70.3 Å². The van der Waals surface area contributed by atoms with Crippen molar-refractivity contribution in [3.05, 3.63) is 71.8 Å². The lowest BCUT2D eigenvalue weighted by Gasteiger charge is -2.19. The molecular formula is C33H44N2O12. The van der Waals surface area contributed by atoms with Crippen molar-refractivity contribution < 1.29 is 57.1 Å². The predicted molar refractivity (Wildman–Crippen MR) is 166 cm³/mol. The van der Waals surface area contributed by atoms with Crippen LogP contribution in [0.2, 0.25) is 0 Å². The second kappa shape index (κ2) is 23.0. The molecule has 3 atom stereocenters. The molecule has 0 radical (unpaired) electrons. The number of hydrogen-bond acceptors (Lipinski definition) is 12. The van der Waals surface area contributed by atoms with Crippen LogP contribution in [0.15, 0.2) is 60.7 Å². The van der Waals surface area contributed by atoms with E-state index in [-0.39, 0.29) is 45.6 Å². The Morgan fingerprint density at radius 3 is 1.62 bits per heavy atom. The maximum Gasteiger partial charge on any atom is 0.328 e. The van der Waals surface area contributed by atoms with E-state index in [0.29, 0.717) is 12.8 Å². The molecule has 258 valence electrons. The number of rotatable bonds is 23. The number of nitrogens with one attached hydrogen (secondary N) is 2. The quantitative estimate of drug-likeness (QED) is 0.0771. The second-order valence-electron chi connectivity index (χ2n) is 10.1. The van der Waals surface area contributed by atoms with Gasteiger partial charge in [-0.15, -0.1) is 0 Å². The van der Waals surface area contributed by atoms with Crippen LogP contribution in [0, 0.1) is 0 Å². The van der Waals surface area contributed by atoms with E-state index in [4.69, 9.17) is 33.2 Å². The maximum atomic E-state index is 12.5. The van der Waals surface area contributed by atoms with E-state index >= 15 is 0 Å². The molecule has 0 aromatic heterocycles. The fourth-order valence-corrected chi connectivity index (χ4v) is 4.00. The predicted octanol–water partition coefficient (Wildman–Crippen LogP) is 2.18. The summed E-state index contributed by atoms with van der Waals surface area (Å²) in [7, 11) is 3.89. The standard InChI is InChI=1S/C33H44N2O12/c1-41-31(18-29(38)44-20-24-12-6-4-7-13-24)46-22-27(36)34-17-11-10-16-26(33(40)43-3)35-28(37)23-47-32(42-2)19-30(39)45-21-25-14-8-5-9-15-25/h4-9,12-15,26,31-32H,10-11,16-23H2,1-3H3,(H,34,36)(H,35,37). The van der Waals surface area contributed by atoms with Gasteiger partial charge in [0, 0.05) is 20.8 Å². The monoisotopic (exact) mass is 660 g/mol. The fourth-order valence-electron chi connectivity index (χ4n) is 4.00. The number of unbranched alkanes of at least 4 members (excludes halogenated alkanes) is 1. The molecule has 0 bridgehead atoms. The summed E-state index contributed by atoms with van der Waals surface area (Å²) in [4.78, 5) is 61.1. The Labute approximate surface area is 274 Å². The molecule has 14 heteroatoms. The lowest BCUT2D eigenvalue weighted by Crippen LogP contribution is -2.43. The summed E-state index contributed by atoms with van der Waals surface area (Å²) in [6.45, 7) is -0.316. The van der Waals surface area contributed by atoms with Crippen molar-refractivity contribution >= 4 is 29.7 Å². The second-order valence-corrected chi connectivity index (χ2v) is 10.1. The molecule has 0 saturated heterocycles. The third-order valence-electron chi connectivity index (χ3n) is 6.54. The number of ether oxygens (including phenoxy) is 7. The normalized spacial score (nSPS) is 12.7. The van der Waals surface area contributed by atoms with Crippen molar-refractivity contribution in [1.82, 2.24) is 10.6 Å². The Hall–Kier alpha value is -4.37. The summed E-state index contributed by atoms with van der Waals surface area (Å²) >= 11 is 0. The Morgan fingerprint density at radius 1 is 0.660 bits per heavy atom. The van der Waals surface area contributed by atoms with Gasteiger partial charge in [-0.05, 0) is 30.4 Å². The van der Waals surface area contributed by atoms with E-state index in [2.05, 4.69) is 10.6 Å². The minimum absolute atomic E-state index is 0.0943. The molecule has 0 spiro atoms. The van der Waals surface area contributed by atoms with Crippen LogP contribution in [0.25, 0.3) is 0 Å². The number of carbonyl (C=O) groups excluding carboxylic acids is 5. The van der Waals surface area contributed by atoms with Crippen LogP contribution >= 0.6 is 0 Å². The highest BCUT2D eigenvalue weighted by atomic mass is 16.7. The molecule has 0 heterocycles. The molecule has 0 saturated carbocycles. The molecule has 14 nitrogen and oxygen atoms in total. The first-order valence-electron chi connectivity index (χ1n) is 15.1. The van der Waals surface area contributed by atoms with Crippen LogP contribution in [0.1, 0.15) is 43.2 Å². The number of benzene rings is 2. The molecule has 2 aromatic rings. The van der Waals surface area contributed by atoms with Gasteiger partial charge in [-0.25, -0.2) is 4.79 Å². The first-order chi connectivity index (χ1) is 22.7. The highest BCUT2D eigenvalue weighted by Gasteiger charge is 2.23. The number of carbonyl (C=O) groups is 5. The zero-order valence-electron chi connectivity index (χ0n) is 27.0. The fraction of sp³-hybridized carbons (Fsp3) is 0.485. The van der Waals surface area contributed by atoms with Crippen LogP contribution in [0.3, 0.4) is 0 Å². The van der Waals surface area contributed by atoms with E-state index in [0.717, 1.165) is 11.1 Å². The molecule has 0 aliphatic carbocycles. The summed E-state index contributed by atoms with van der Waals surface area (Å²) in [6, 6.07) is 17.4. The number of esters is 3. The molecule has 2 aromatic carbocycles. The zero-order valence-corrected chi connectivity index (χ0v) is 27.0. The maximum absolute atomic E-state index is 12.5. The molecular weight excluding hydrogens is 616 g/mol. The lowest BCUT2D eigenvalue weighted by atomic mass is 10.1. The van der Waals surface area contributed by atoms with Gasteiger partial charge in [0.1, 0.15) is 32.5 Å². The summed E-state index contributed by atoms with van der Waals surface area (Å²) in [5, 5.41) is 5.23. The van der Waals surface area contributed by atoms with E-state index in [9.17, 15) is 24.0 Å². The topological polar surface area (TPSA) is 174 Å². The van der Waals surface area contributed by atoms with Gasteiger partial charge in [-0.2, -0.15) is 0 Å². The SMILES string of the molecule is COC(=O)C(CCCCNC(=O)COC(CC(=O)OCc1ccccc1)OC)NC(=O)COC(CC(=O)OCc1ccccc1)OC. The van der Waals surface area contributed by atoms with Gasteiger partial charge in [0.15, 0.2) is 12.6 Å². The average molecular weight is 661 g/mol. The first kappa shape index (κ1) is 38.8. The Morgan fingerprint density at radius 2 is 1.15 bits per heavy atom. The largest absolute Gasteiger partial charge is 0.467 e. The van der Waals surface area contributed by atoms with Crippen molar-refractivity contribution in [3.63, 3.8) is 0 Å². The van der Waals surface area contributed by atoms with E-state index in [1.807, 2.05) is 60.7 Å². The molecule has 3 unspecified atom stereocenters. The average Bonchev–Trinajstić information content (AvgIpc) is 3.09. The highest BCUT2D eigenvalue weighted by Crippen LogP contribution is 2.08. The zero-order chi connectivity index (χ0) is 34.3.